The van der Waals surface area contributed by atoms with Gasteiger partial charge in [-0.05, 0) is 6.92 Å². The van der Waals surface area contributed by atoms with Gasteiger partial charge in [0.25, 0.3) is 0 Å². The Labute approximate surface area is 98.3 Å². The van der Waals surface area contributed by atoms with Crippen molar-refractivity contribution in [2.24, 2.45) is 5.92 Å². The number of nitrogens with two attached hydrogens (primary N) is 1. The van der Waals surface area contributed by atoms with Crippen LogP contribution in [0.3, 0.4) is 0 Å². The van der Waals surface area contributed by atoms with Gasteiger partial charge in [0.1, 0.15) is 5.82 Å². The summed E-state index contributed by atoms with van der Waals surface area (Å²) in [6, 6.07) is 2.18. The number of aromatic amines is 1. The molecule has 3 N–H and O–H groups in total. The molecule has 7 heteroatoms. The predicted molar refractivity (Wildman–Crippen MR) is 64.1 cm³/mol. The van der Waals surface area contributed by atoms with Crippen molar-refractivity contribution in [2.45, 2.75) is 6.92 Å². The lowest BCUT2D eigenvalue weighted by molar-refractivity contribution is 0.712. The highest BCUT2D eigenvalue weighted by molar-refractivity contribution is 5.87. The van der Waals surface area contributed by atoms with Gasteiger partial charge in [-0.3, -0.25) is 5.10 Å². The van der Waals surface area contributed by atoms with Crippen molar-refractivity contribution in [2.75, 3.05) is 24.2 Å². The average Bonchev–Trinajstić information content (AvgIpc) is 2.75. The number of hydrogen-bond donors (Lipinski definition) is 2. The van der Waals surface area contributed by atoms with Gasteiger partial charge in [-0.15, -0.1) is 0 Å². The lowest BCUT2D eigenvalue weighted by Gasteiger charge is -2.19. The standard InChI is InChI=1S/C10H13N7/c1-6(3-11)5-17(2)9-7-4-13-16-8(7)14-10(12)15-9/h4,6H,5H2,1-2H3,(H3,12,13,14,15,16). The summed E-state index contributed by atoms with van der Waals surface area (Å²) in [5, 5.41) is 16.3. The molecule has 2 rings (SSSR count). The number of hydrogen-bond acceptors (Lipinski definition) is 6. The first-order valence-electron chi connectivity index (χ1n) is 5.19. The Balaban J connectivity index is 2.40. The summed E-state index contributed by atoms with van der Waals surface area (Å²) < 4.78 is 0. The molecule has 0 amide bonds. The number of rotatable bonds is 3. The minimum absolute atomic E-state index is 0.0851. The van der Waals surface area contributed by atoms with E-state index in [-0.39, 0.29) is 11.9 Å². The Morgan fingerprint density at radius 3 is 3.06 bits per heavy atom. The van der Waals surface area contributed by atoms with Gasteiger partial charge >= 0.3 is 0 Å². The zero-order valence-electron chi connectivity index (χ0n) is 9.68. The molecule has 0 saturated carbocycles. The van der Waals surface area contributed by atoms with Crippen LogP contribution in [-0.2, 0) is 0 Å². The first-order valence-corrected chi connectivity index (χ1v) is 5.19. The molecule has 0 saturated heterocycles. The van der Waals surface area contributed by atoms with E-state index < -0.39 is 0 Å². The van der Waals surface area contributed by atoms with E-state index in [2.05, 4.69) is 26.2 Å². The van der Waals surface area contributed by atoms with Crippen molar-refractivity contribution in [3.05, 3.63) is 6.20 Å². The maximum atomic E-state index is 8.81. The van der Waals surface area contributed by atoms with Gasteiger partial charge < -0.3 is 10.6 Å². The van der Waals surface area contributed by atoms with Crippen LogP contribution in [0.4, 0.5) is 11.8 Å². The van der Waals surface area contributed by atoms with Crippen LogP contribution in [0.2, 0.25) is 0 Å². The molecule has 1 atom stereocenters. The highest BCUT2D eigenvalue weighted by Crippen LogP contribution is 2.22. The van der Waals surface area contributed by atoms with Gasteiger partial charge in [0.15, 0.2) is 5.65 Å². The average molecular weight is 231 g/mol. The van der Waals surface area contributed by atoms with Crippen LogP contribution < -0.4 is 10.6 Å². The van der Waals surface area contributed by atoms with Crippen molar-refractivity contribution in [3.8, 4) is 6.07 Å². The Hall–Kier alpha value is -2.36. The molecule has 0 aromatic carbocycles. The van der Waals surface area contributed by atoms with E-state index in [1.54, 1.807) is 6.20 Å². The Morgan fingerprint density at radius 2 is 2.35 bits per heavy atom. The number of fused-ring (bicyclic) bond motifs is 1. The molecule has 0 aliphatic carbocycles. The Bertz CT molecular complexity index is 568. The van der Waals surface area contributed by atoms with Crippen LogP contribution >= 0.6 is 0 Å². The van der Waals surface area contributed by atoms with Gasteiger partial charge in [-0.25, -0.2) is 0 Å². The first kappa shape index (κ1) is 11.1. The van der Waals surface area contributed by atoms with Gasteiger partial charge in [-0.2, -0.15) is 20.3 Å². The number of nitrogens with one attached hydrogen (secondary N) is 1. The monoisotopic (exact) mass is 231 g/mol. The lowest BCUT2D eigenvalue weighted by Crippen LogP contribution is -2.24. The van der Waals surface area contributed by atoms with E-state index in [1.807, 2.05) is 18.9 Å². The van der Waals surface area contributed by atoms with E-state index in [4.69, 9.17) is 11.0 Å². The van der Waals surface area contributed by atoms with Crippen molar-refractivity contribution >= 4 is 22.8 Å². The fourth-order valence-electron chi connectivity index (χ4n) is 1.67. The molecular formula is C10H13N7. The molecule has 0 aliphatic heterocycles. The number of aromatic nitrogens is 4. The van der Waals surface area contributed by atoms with Gasteiger partial charge in [0, 0.05) is 13.6 Å². The lowest BCUT2D eigenvalue weighted by atomic mass is 10.2. The topological polar surface area (TPSA) is 108 Å². The third-order valence-corrected chi connectivity index (χ3v) is 2.44. The molecule has 2 aromatic rings. The largest absolute Gasteiger partial charge is 0.368 e. The van der Waals surface area contributed by atoms with Crippen LogP contribution in [0, 0.1) is 17.2 Å². The molecule has 2 aromatic heterocycles. The summed E-state index contributed by atoms with van der Waals surface area (Å²) in [4.78, 5) is 10.1. The molecule has 17 heavy (non-hydrogen) atoms. The van der Waals surface area contributed by atoms with E-state index in [0.29, 0.717) is 18.0 Å². The van der Waals surface area contributed by atoms with Crippen LogP contribution in [0.25, 0.3) is 11.0 Å². The van der Waals surface area contributed by atoms with Crippen LogP contribution in [0.1, 0.15) is 6.92 Å². The Morgan fingerprint density at radius 1 is 1.59 bits per heavy atom. The van der Waals surface area contributed by atoms with Gasteiger partial charge in [-0.1, -0.05) is 0 Å². The van der Waals surface area contributed by atoms with Crippen molar-refractivity contribution in [1.82, 2.24) is 20.2 Å². The highest BCUT2D eigenvalue weighted by atomic mass is 15.2. The molecule has 1 unspecified atom stereocenters. The van der Waals surface area contributed by atoms with Gasteiger partial charge in [0.05, 0.1) is 23.6 Å². The van der Waals surface area contributed by atoms with E-state index in [1.165, 1.54) is 0 Å². The number of nitriles is 1. The zero-order chi connectivity index (χ0) is 12.4. The minimum atomic E-state index is -0.0851. The summed E-state index contributed by atoms with van der Waals surface area (Å²) in [6.07, 6.45) is 1.65. The zero-order valence-corrected chi connectivity index (χ0v) is 9.68. The normalized spacial score (nSPS) is 12.3. The second kappa shape index (κ2) is 4.25. The van der Waals surface area contributed by atoms with Crippen molar-refractivity contribution in [3.63, 3.8) is 0 Å². The molecule has 88 valence electrons. The second-order valence-corrected chi connectivity index (χ2v) is 3.95. The summed E-state index contributed by atoms with van der Waals surface area (Å²) in [7, 11) is 1.86. The molecule has 0 radical (unpaired) electrons. The summed E-state index contributed by atoms with van der Waals surface area (Å²) in [5.41, 5.74) is 6.22. The maximum absolute atomic E-state index is 8.81. The quantitative estimate of drug-likeness (QED) is 0.797. The van der Waals surface area contributed by atoms with E-state index >= 15 is 0 Å². The van der Waals surface area contributed by atoms with Crippen molar-refractivity contribution < 1.29 is 0 Å². The molecular weight excluding hydrogens is 218 g/mol. The second-order valence-electron chi connectivity index (χ2n) is 3.95. The molecule has 0 aliphatic rings. The predicted octanol–water partition coefficient (Wildman–Crippen LogP) is 0.531. The molecule has 7 nitrogen and oxygen atoms in total. The highest BCUT2D eigenvalue weighted by Gasteiger charge is 2.14. The van der Waals surface area contributed by atoms with E-state index in [9.17, 15) is 0 Å². The number of nitrogens with zero attached hydrogens (tertiary/aromatic N) is 5. The van der Waals surface area contributed by atoms with Crippen LogP contribution in [0.5, 0.6) is 0 Å². The number of H-pyrrole nitrogens is 1. The van der Waals surface area contributed by atoms with Crippen LogP contribution in [0.15, 0.2) is 6.20 Å². The van der Waals surface area contributed by atoms with E-state index in [0.717, 1.165) is 5.39 Å². The first-order chi connectivity index (χ1) is 8.11. The van der Waals surface area contributed by atoms with Gasteiger partial charge in [0.2, 0.25) is 5.95 Å². The molecule has 0 fully saturated rings. The summed E-state index contributed by atoms with van der Waals surface area (Å²) >= 11 is 0. The fourth-order valence-corrected chi connectivity index (χ4v) is 1.67. The fraction of sp³-hybridized carbons (Fsp3) is 0.400. The molecule has 2 heterocycles. The smallest absolute Gasteiger partial charge is 0.224 e. The van der Waals surface area contributed by atoms with Crippen LogP contribution in [-0.4, -0.2) is 33.8 Å². The summed E-state index contributed by atoms with van der Waals surface area (Å²) in [6.45, 7) is 2.43. The van der Waals surface area contributed by atoms with Crippen molar-refractivity contribution in [1.29, 1.82) is 5.26 Å². The number of nitrogen functional groups attached to an aromatic ring is 1. The molecule has 0 spiro atoms. The maximum Gasteiger partial charge on any atom is 0.224 e. The SMILES string of the molecule is CC(C#N)CN(C)c1nc(N)nc2[nH]ncc12. The Kier molecular flexibility index (Phi) is 2.78. The summed E-state index contributed by atoms with van der Waals surface area (Å²) in [5.74, 6) is 0.787. The third-order valence-electron chi connectivity index (χ3n) is 2.44. The minimum Gasteiger partial charge on any atom is -0.368 e. The number of anilines is 2. The molecule has 0 bridgehead atoms. The third kappa shape index (κ3) is 2.10.